The Hall–Kier alpha value is -0.860. The molecule has 1 atom stereocenters. The average molecular weight is 408 g/mol. The quantitative estimate of drug-likeness (QED) is 0.786. The highest BCUT2D eigenvalue weighted by molar-refractivity contribution is 7.86. The normalized spacial score (nSPS) is 19.2. The Morgan fingerprint density at radius 3 is 2.56 bits per heavy atom. The minimum atomic E-state index is -3.67. The molecule has 0 aliphatic carbocycles. The second kappa shape index (κ2) is 8.68. The van der Waals surface area contributed by atoms with Crippen LogP contribution in [0.3, 0.4) is 0 Å². The number of likely N-dealkylation sites (N-methyl/N-ethyl adjacent to an activating group) is 1. The van der Waals surface area contributed by atoms with Crippen LogP contribution >= 0.6 is 23.2 Å². The number of nitrogens with one attached hydrogen (secondary N) is 1. The number of piperidine rings is 1. The number of hydrogen-bond acceptors (Lipinski definition) is 3. The third-order valence-electron chi connectivity index (χ3n) is 4.17. The summed E-state index contributed by atoms with van der Waals surface area (Å²) in [6.45, 7) is 4.63. The monoisotopic (exact) mass is 407 g/mol. The fourth-order valence-corrected chi connectivity index (χ4v) is 5.06. The predicted molar refractivity (Wildman–Crippen MR) is 101 cm³/mol. The van der Waals surface area contributed by atoms with Gasteiger partial charge in [-0.2, -0.15) is 17.0 Å². The molecule has 0 bridgehead atoms. The molecule has 0 radical (unpaired) electrons. The molecule has 1 heterocycles. The lowest BCUT2D eigenvalue weighted by Crippen LogP contribution is -2.49. The summed E-state index contributed by atoms with van der Waals surface area (Å²) in [6.07, 6.45) is 1.85. The number of nitrogens with zero attached hydrogens (tertiary/aromatic N) is 2. The number of rotatable bonds is 6. The summed E-state index contributed by atoms with van der Waals surface area (Å²) < 4.78 is 28.2. The zero-order valence-corrected chi connectivity index (χ0v) is 16.7. The van der Waals surface area contributed by atoms with Gasteiger partial charge in [0.15, 0.2) is 0 Å². The van der Waals surface area contributed by atoms with Gasteiger partial charge in [0.2, 0.25) is 5.91 Å². The first kappa shape index (κ1) is 20.5. The summed E-state index contributed by atoms with van der Waals surface area (Å²) in [6, 6.07) is 4.87. The Bertz CT molecular complexity index is 707. The van der Waals surface area contributed by atoms with Gasteiger partial charge in [-0.15, -0.1) is 0 Å². The molecule has 1 aliphatic heterocycles. The van der Waals surface area contributed by atoms with Gasteiger partial charge in [-0.05, 0) is 30.9 Å². The largest absolute Gasteiger partial charge is 0.322 e. The van der Waals surface area contributed by atoms with E-state index in [9.17, 15) is 13.2 Å². The van der Waals surface area contributed by atoms with Gasteiger partial charge in [0.25, 0.3) is 10.2 Å². The first-order valence-electron chi connectivity index (χ1n) is 8.24. The predicted octanol–water partition coefficient (Wildman–Crippen LogP) is 3.23. The van der Waals surface area contributed by atoms with Crippen LogP contribution in [0, 0.1) is 5.92 Å². The van der Waals surface area contributed by atoms with Crippen LogP contribution in [0.15, 0.2) is 18.2 Å². The molecular formula is C16H23Cl2N3O3S. The molecule has 1 aliphatic rings. The fraction of sp³-hybridized carbons (Fsp3) is 0.562. The number of carbonyl (C=O) groups is 1. The Morgan fingerprint density at radius 2 is 2.00 bits per heavy atom. The van der Waals surface area contributed by atoms with E-state index < -0.39 is 16.1 Å². The number of halogens is 2. The summed E-state index contributed by atoms with van der Waals surface area (Å²) in [7, 11) is -3.67. The van der Waals surface area contributed by atoms with Crippen LogP contribution in [0.2, 0.25) is 10.0 Å². The van der Waals surface area contributed by atoms with Gasteiger partial charge in [0.1, 0.15) is 0 Å². The fourth-order valence-electron chi connectivity index (χ4n) is 2.83. The third kappa shape index (κ3) is 5.08. The Balaban J connectivity index is 2.09. The van der Waals surface area contributed by atoms with Crippen molar-refractivity contribution < 1.29 is 13.2 Å². The van der Waals surface area contributed by atoms with Crippen molar-refractivity contribution in [2.75, 3.05) is 31.5 Å². The molecule has 0 spiro atoms. The molecule has 0 aromatic heterocycles. The van der Waals surface area contributed by atoms with E-state index in [1.54, 1.807) is 25.1 Å². The molecule has 1 N–H and O–H groups in total. The summed E-state index contributed by atoms with van der Waals surface area (Å²) in [5.41, 5.74) is 0.288. The second-order valence-corrected chi connectivity index (χ2v) is 8.93. The molecule has 1 aromatic rings. The van der Waals surface area contributed by atoms with Crippen LogP contribution in [0.25, 0.3) is 0 Å². The Morgan fingerprint density at radius 1 is 1.36 bits per heavy atom. The van der Waals surface area contributed by atoms with Gasteiger partial charge in [0, 0.05) is 19.6 Å². The van der Waals surface area contributed by atoms with E-state index in [0.29, 0.717) is 29.1 Å². The van der Waals surface area contributed by atoms with Crippen LogP contribution in [-0.2, 0) is 15.0 Å². The number of para-hydroxylation sites is 1. The highest BCUT2D eigenvalue weighted by atomic mass is 35.5. The molecule has 0 saturated carbocycles. The van der Waals surface area contributed by atoms with Crippen molar-refractivity contribution >= 4 is 45.0 Å². The molecule has 1 amide bonds. The number of hydrogen-bond donors (Lipinski definition) is 1. The molecule has 1 unspecified atom stereocenters. The number of benzene rings is 1. The molecule has 9 heteroatoms. The van der Waals surface area contributed by atoms with Crippen molar-refractivity contribution in [3.63, 3.8) is 0 Å². The maximum absolute atomic E-state index is 12.8. The highest BCUT2D eigenvalue weighted by Gasteiger charge is 2.32. The zero-order chi connectivity index (χ0) is 18.6. The van der Waals surface area contributed by atoms with Gasteiger partial charge in [-0.25, -0.2) is 0 Å². The summed E-state index contributed by atoms with van der Waals surface area (Å²) >= 11 is 12.1. The number of amides is 1. The van der Waals surface area contributed by atoms with Crippen molar-refractivity contribution in [3.8, 4) is 0 Å². The van der Waals surface area contributed by atoms with Crippen LogP contribution in [0.1, 0.15) is 26.7 Å². The van der Waals surface area contributed by atoms with Crippen molar-refractivity contribution in [1.29, 1.82) is 0 Å². The topological polar surface area (TPSA) is 69.7 Å². The smallest absolute Gasteiger partial charge is 0.282 e. The zero-order valence-electron chi connectivity index (χ0n) is 14.3. The van der Waals surface area contributed by atoms with E-state index >= 15 is 0 Å². The van der Waals surface area contributed by atoms with Crippen LogP contribution in [0.4, 0.5) is 5.69 Å². The lowest BCUT2D eigenvalue weighted by molar-refractivity contribution is -0.116. The van der Waals surface area contributed by atoms with E-state index in [-0.39, 0.29) is 18.8 Å². The minimum Gasteiger partial charge on any atom is -0.322 e. The van der Waals surface area contributed by atoms with Gasteiger partial charge in [0.05, 0.1) is 22.3 Å². The van der Waals surface area contributed by atoms with E-state index in [2.05, 4.69) is 5.32 Å². The van der Waals surface area contributed by atoms with Gasteiger partial charge >= 0.3 is 0 Å². The number of anilines is 1. The molecule has 6 nitrogen and oxygen atoms in total. The third-order valence-corrected chi connectivity index (χ3v) is 6.83. The maximum Gasteiger partial charge on any atom is 0.282 e. The first-order chi connectivity index (χ1) is 11.8. The van der Waals surface area contributed by atoms with Crippen LogP contribution in [-0.4, -0.2) is 49.1 Å². The van der Waals surface area contributed by atoms with Crippen molar-refractivity contribution in [2.45, 2.75) is 26.7 Å². The average Bonchev–Trinajstić information content (AvgIpc) is 2.56. The molecule has 1 saturated heterocycles. The minimum absolute atomic E-state index is 0.205. The second-order valence-electron chi connectivity index (χ2n) is 6.18. The summed E-state index contributed by atoms with van der Waals surface area (Å²) in [5, 5.41) is 3.20. The van der Waals surface area contributed by atoms with Gasteiger partial charge in [-0.3, -0.25) is 4.79 Å². The van der Waals surface area contributed by atoms with E-state index in [4.69, 9.17) is 23.2 Å². The lowest BCUT2D eigenvalue weighted by atomic mass is 10.0. The number of carbonyl (C=O) groups excluding carboxylic acids is 1. The molecule has 2 rings (SSSR count). The standard InChI is InChI=1S/C16H23Cl2N3O3S/c1-3-20(25(23,24)21-9-5-6-12(2)10-21)11-15(22)19-16-13(17)7-4-8-14(16)18/h4,7-8,12H,3,5-6,9-11H2,1-2H3,(H,19,22). The van der Waals surface area contributed by atoms with E-state index in [0.717, 1.165) is 12.8 Å². The molecule has 1 fully saturated rings. The SMILES string of the molecule is CCN(CC(=O)Nc1c(Cl)cccc1Cl)S(=O)(=O)N1CCCC(C)C1. The first-order valence-corrected chi connectivity index (χ1v) is 10.4. The molecular weight excluding hydrogens is 385 g/mol. The summed E-state index contributed by atoms with van der Waals surface area (Å²) in [4.78, 5) is 12.3. The van der Waals surface area contributed by atoms with Crippen LogP contribution in [0.5, 0.6) is 0 Å². The Kier molecular flexibility index (Phi) is 7.10. The molecule has 140 valence electrons. The van der Waals surface area contributed by atoms with Crippen molar-refractivity contribution in [1.82, 2.24) is 8.61 Å². The van der Waals surface area contributed by atoms with E-state index in [1.165, 1.54) is 8.61 Å². The van der Waals surface area contributed by atoms with Crippen molar-refractivity contribution in [2.24, 2.45) is 5.92 Å². The summed E-state index contributed by atoms with van der Waals surface area (Å²) in [5.74, 6) is -0.163. The van der Waals surface area contributed by atoms with E-state index in [1.807, 2.05) is 6.92 Å². The Labute approximate surface area is 159 Å². The lowest BCUT2D eigenvalue weighted by Gasteiger charge is -2.33. The highest BCUT2D eigenvalue weighted by Crippen LogP contribution is 2.29. The molecule has 1 aromatic carbocycles. The maximum atomic E-state index is 12.8. The van der Waals surface area contributed by atoms with Crippen molar-refractivity contribution in [3.05, 3.63) is 28.2 Å². The van der Waals surface area contributed by atoms with Gasteiger partial charge in [-0.1, -0.05) is 43.1 Å². The molecule has 25 heavy (non-hydrogen) atoms. The van der Waals surface area contributed by atoms with Gasteiger partial charge < -0.3 is 5.32 Å². The van der Waals surface area contributed by atoms with Crippen LogP contribution < -0.4 is 5.32 Å².